The lowest BCUT2D eigenvalue weighted by Gasteiger charge is -2.33. The first-order valence-corrected chi connectivity index (χ1v) is 50.3. The number of esters is 3. The second-order valence-electron chi connectivity index (χ2n) is 37.4. The number of imidazole rings is 4. The molecular formula is C109H127N19O21. The fourth-order valence-corrected chi connectivity index (χ4v) is 20.2. The number of ether oxygens (including phenoxy) is 13. The normalized spacial score (nSPS) is 24.7. The van der Waals surface area contributed by atoms with Crippen molar-refractivity contribution in [3.8, 4) is 0 Å². The van der Waals surface area contributed by atoms with E-state index in [4.69, 9.17) is 61.6 Å². The lowest BCUT2D eigenvalue weighted by Crippen LogP contribution is -2.45. The van der Waals surface area contributed by atoms with Crippen molar-refractivity contribution in [2.24, 2.45) is 11.8 Å². The van der Waals surface area contributed by atoms with Crippen LogP contribution in [0.1, 0.15) is 214 Å². The Kier molecular flexibility index (Phi) is 34.7. The monoisotopic (exact) mass is 2040 g/mol. The van der Waals surface area contributed by atoms with Gasteiger partial charge in [0.25, 0.3) is 17.7 Å². The summed E-state index contributed by atoms with van der Waals surface area (Å²) in [5.74, 6) is -0.296. The molecule has 0 spiro atoms. The third-order valence-corrected chi connectivity index (χ3v) is 28.9. The molecule has 40 nitrogen and oxygen atoms in total. The van der Waals surface area contributed by atoms with Gasteiger partial charge in [0.2, 0.25) is 6.29 Å². The number of fused-ring (bicyclic) bond motifs is 8. The number of nitrogens with zero attached hydrogens (tertiary/aromatic N) is 15. The first-order valence-electron chi connectivity index (χ1n) is 50.3. The van der Waals surface area contributed by atoms with Gasteiger partial charge < -0.3 is 92.7 Å². The summed E-state index contributed by atoms with van der Waals surface area (Å²) in [7, 11) is 0. The number of rotatable bonds is 29. The highest BCUT2D eigenvalue weighted by molar-refractivity contribution is 6.08. The molecule has 149 heavy (non-hydrogen) atoms. The van der Waals surface area contributed by atoms with E-state index in [1.165, 1.54) is 52.4 Å². The van der Waals surface area contributed by atoms with Crippen LogP contribution in [-0.2, 0) is 95.8 Å². The quantitative estimate of drug-likeness (QED) is 0.0187. The number of anilines is 3. The molecule has 7 aliphatic heterocycles. The van der Waals surface area contributed by atoms with Gasteiger partial charge in [-0.1, -0.05) is 215 Å². The van der Waals surface area contributed by atoms with E-state index in [2.05, 4.69) is 122 Å². The molecule has 0 aliphatic carbocycles. The third kappa shape index (κ3) is 23.2. The van der Waals surface area contributed by atoms with E-state index < -0.39 is 84.2 Å². The highest BCUT2D eigenvalue weighted by Crippen LogP contribution is 2.54. The van der Waals surface area contributed by atoms with Gasteiger partial charge in [0.1, 0.15) is 84.2 Å². The number of aliphatic hydroxyl groups excluding tert-OH is 2. The van der Waals surface area contributed by atoms with Gasteiger partial charge in [-0.2, -0.15) is 0 Å². The molecule has 4 bridgehead atoms. The molecule has 40 heteroatoms. The van der Waals surface area contributed by atoms with Crippen molar-refractivity contribution in [1.29, 1.82) is 0 Å². The SMILES string of the molecule is CCC1(CC)OC(OC(C)=O)[C@@H](OC(C)=O)C1OCc1ccccc1.CCC1(CC)O[C@@H](n2cnc3c(C)ncnc32)[C@@H](OC(C)=O)C1OCc1ccccc1.CCC1(CC)O[C@H](O)[C@@H](O)C1OCc1ccccc1.CC[C@]12CO[C@@H](C1C)[C@H](n1cnc3c(NC(=O)c4ccccc4)ncnc31)O2.CC[C@]12CO[C@@H](C1C)[C@H](n1cnc3c(NC(=O)c4ccccc4)ncnc31)O2.O=C(Nc1ncnc2nc[nH]c12)c1ccccc1. The van der Waals surface area contributed by atoms with E-state index >= 15 is 0 Å². The Morgan fingerprint density at radius 3 is 1.16 bits per heavy atom. The molecule has 784 valence electrons. The van der Waals surface area contributed by atoms with Gasteiger partial charge in [-0.3, -0.25) is 42.5 Å². The summed E-state index contributed by atoms with van der Waals surface area (Å²) >= 11 is 0. The number of amides is 3. The number of aromatic nitrogens is 16. The third-order valence-electron chi connectivity index (χ3n) is 28.9. The maximum Gasteiger partial charge on any atom is 0.305 e. The van der Waals surface area contributed by atoms with Crippen molar-refractivity contribution in [3.05, 3.63) is 272 Å². The van der Waals surface area contributed by atoms with Crippen molar-refractivity contribution >= 4 is 97.7 Å². The van der Waals surface area contributed by atoms with Crippen LogP contribution >= 0.6 is 0 Å². The van der Waals surface area contributed by atoms with E-state index in [1.807, 2.05) is 182 Å². The molecule has 0 saturated carbocycles. The van der Waals surface area contributed by atoms with Crippen molar-refractivity contribution in [2.75, 3.05) is 29.2 Å². The lowest BCUT2D eigenvalue weighted by molar-refractivity contribution is -0.205. The zero-order valence-electron chi connectivity index (χ0n) is 85.7. The topological polar surface area (TPSA) is 484 Å². The second-order valence-corrected chi connectivity index (χ2v) is 37.4. The highest BCUT2D eigenvalue weighted by atomic mass is 16.8. The molecule has 6 aromatic carbocycles. The number of carbonyl (C=O) groups excluding carboxylic acids is 6. The van der Waals surface area contributed by atoms with Crippen LogP contribution in [0, 0.1) is 18.8 Å². The fourth-order valence-electron chi connectivity index (χ4n) is 20.2. The Bertz CT molecular complexity index is 6680. The minimum absolute atomic E-state index is 0.0466. The molecule has 3 amide bonds. The minimum atomic E-state index is -1.17. The summed E-state index contributed by atoms with van der Waals surface area (Å²) in [6, 6.07) is 56.4. The van der Waals surface area contributed by atoms with Crippen LogP contribution in [-0.4, -0.2) is 227 Å². The number of benzene rings is 6. The van der Waals surface area contributed by atoms with Gasteiger partial charge in [-0.15, -0.1) is 0 Å². The smallest absolute Gasteiger partial charge is 0.305 e. The Morgan fingerprint density at radius 2 is 0.745 bits per heavy atom. The first-order chi connectivity index (χ1) is 72.1. The summed E-state index contributed by atoms with van der Waals surface area (Å²) in [5.41, 5.74) is 7.85. The second kappa shape index (κ2) is 48.0. The van der Waals surface area contributed by atoms with Crippen molar-refractivity contribution in [3.63, 3.8) is 0 Å². The molecule has 17 atom stereocenters. The fraction of sp³-hybridized carbons (Fsp3) is 0.431. The number of hydrogen-bond donors (Lipinski definition) is 6. The van der Waals surface area contributed by atoms with Crippen LogP contribution in [0.25, 0.3) is 44.7 Å². The van der Waals surface area contributed by atoms with E-state index in [0.29, 0.717) is 162 Å². The largest absolute Gasteiger partial charge is 0.455 e. The van der Waals surface area contributed by atoms with Crippen LogP contribution in [0.4, 0.5) is 17.5 Å². The molecule has 6 N–H and O–H groups in total. The number of aliphatic hydroxyl groups is 2. The standard InChI is InChI=1S/C23H28N4O4.2C20H21N5O3.C19H26O6.C15H22O4.C12H9N5O/c1-5-23(6-2)20(29-12-17-10-8-7-9-11-17)19(30-16(4)28)22(31-23)27-14-26-18-15(3)24-13-25-21(18)27;2*1-3-20-9-27-15(12(20)2)19(28-20)25-11-23-14-16(21-10-22-17(14)25)24-18(26)13-7-5-4-6-8-13;1-5-19(6-2)17(22-12-15-10-8-7-9-11-15)16(23-13(3)20)18(25-19)24-14(4)21;1-3-15(4-2)13(12(16)14(17)19-15)18-10-11-8-6-5-7-9-11;18-12(8-4-2-1-3-5-8)17-11-9-10(14-6-13-9)15-7-16-11/h7-11,13-14,19-20,22H,5-6,12H2,1-4H3;2*4-8,10-12,15,19H,3,9H2,1-2H3,(H,21,22,24,26);7-11,16-18H,5-6,12H2,1-4H3;5-9,12-14,16-17H,3-4,10H2,1-2H3;1-7H,(H2,13,14,15,16,17,18)/t19-,20?,22+;2*12?,15-,19+,20-;16-,17?,18?;12-,13?,14-;/m00000./s1. The Labute approximate surface area is 861 Å². The summed E-state index contributed by atoms with van der Waals surface area (Å²) in [5, 5.41) is 28.1. The van der Waals surface area contributed by atoms with Crippen LogP contribution in [0.15, 0.2) is 233 Å². The van der Waals surface area contributed by atoms with Gasteiger partial charge in [0, 0.05) is 49.3 Å². The number of H-pyrrole nitrogens is 1. The van der Waals surface area contributed by atoms with Crippen molar-refractivity contribution < 1.29 is 101 Å². The van der Waals surface area contributed by atoms with Gasteiger partial charge in [0.15, 0.2) is 88.3 Å². The minimum Gasteiger partial charge on any atom is -0.455 e. The molecule has 6 unspecified atom stereocenters. The van der Waals surface area contributed by atoms with Crippen LogP contribution in [0.2, 0.25) is 0 Å². The van der Waals surface area contributed by atoms with Crippen LogP contribution in [0.5, 0.6) is 0 Å². The van der Waals surface area contributed by atoms with E-state index in [0.717, 1.165) is 35.2 Å². The number of carbonyl (C=O) groups is 6. The highest BCUT2D eigenvalue weighted by Gasteiger charge is 2.63. The molecule has 15 heterocycles. The van der Waals surface area contributed by atoms with Gasteiger partial charge in [-0.05, 0) is 111 Å². The zero-order valence-corrected chi connectivity index (χ0v) is 85.7. The summed E-state index contributed by atoms with van der Waals surface area (Å²) < 4.78 is 83.4. The van der Waals surface area contributed by atoms with Crippen LogP contribution in [0.3, 0.4) is 0 Å². The predicted molar refractivity (Wildman–Crippen MR) is 546 cm³/mol. The molecule has 7 fully saturated rings. The average Bonchev–Trinajstić information content (AvgIpc) is 1.58. The Hall–Kier alpha value is -14.1. The Morgan fingerprint density at radius 1 is 0.389 bits per heavy atom. The summed E-state index contributed by atoms with van der Waals surface area (Å²) in [6.45, 7) is 28.9. The maximum atomic E-state index is 12.5. The lowest BCUT2D eigenvalue weighted by atomic mass is 9.88. The van der Waals surface area contributed by atoms with Gasteiger partial charge in [0.05, 0.1) is 80.8 Å². The number of aromatic amines is 1. The molecule has 21 rings (SSSR count). The van der Waals surface area contributed by atoms with E-state index in [9.17, 15) is 39.0 Å². The number of aryl methyl sites for hydroxylation is 1. The molecule has 8 aromatic heterocycles. The zero-order chi connectivity index (χ0) is 105. The van der Waals surface area contributed by atoms with Gasteiger partial charge in [-0.25, -0.2) is 59.8 Å². The Balaban J connectivity index is 0.000000129. The van der Waals surface area contributed by atoms with Gasteiger partial charge >= 0.3 is 17.9 Å². The number of hydrogen-bond acceptors (Lipinski definition) is 33. The van der Waals surface area contributed by atoms with E-state index in [-0.39, 0.29) is 59.6 Å². The molecule has 14 aromatic rings. The summed E-state index contributed by atoms with van der Waals surface area (Å²) in [6.07, 6.45) is 10.8. The molecule has 7 aliphatic rings. The molecular weight excluding hydrogens is 1910 g/mol. The van der Waals surface area contributed by atoms with Crippen molar-refractivity contribution in [2.45, 2.75) is 276 Å². The average molecular weight is 2040 g/mol. The van der Waals surface area contributed by atoms with Crippen molar-refractivity contribution in [1.82, 2.24) is 78.5 Å². The molecule has 0 radical (unpaired) electrons. The van der Waals surface area contributed by atoms with E-state index in [1.54, 1.807) is 67.5 Å². The summed E-state index contributed by atoms with van der Waals surface area (Å²) in [4.78, 5) is 126. The molecule has 7 saturated heterocycles. The maximum absolute atomic E-state index is 12.5. The van der Waals surface area contributed by atoms with Crippen LogP contribution < -0.4 is 16.0 Å². The first kappa shape index (κ1) is 108. The number of nitrogens with one attached hydrogen (secondary N) is 4. The predicted octanol–water partition coefficient (Wildman–Crippen LogP) is 15.7.